The van der Waals surface area contributed by atoms with Crippen LogP contribution in [0.2, 0.25) is 10.0 Å². The van der Waals surface area contributed by atoms with Crippen molar-refractivity contribution in [3.63, 3.8) is 0 Å². The van der Waals surface area contributed by atoms with Crippen LogP contribution >= 0.6 is 23.2 Å². The molecule has 324 valence electrons. The zero-order valence-electron chi connectivity index (χ0n) is 30.6. The normalized spacial score (nSPS) is 10.5. The second-order valence-electron chi connectivity index (χ2n) is 11.7. The number of nitrogen functional groups attached to an aromatic ring is 1. The van der Waals surface area contributed by atoms with Crippen LogP contribution in [0.3, 0.4) is 0 Å². The summed E-state index contributed by atoms with van der Waals surface area (Å²) in [4.78, 5) is 53.0. The van der Waals surface area contributed by atoms with Gasteiger partial charge in [-0.25, -0.2) is 4.79 Å². The number of rotatable bonds is 7. The first-order chi connectivity index (χ1) is 28.8. The van der Waals surface area contributed by atoms with Crippen molar-refractivity contribution in [2.45, 2.75) is 19.8 Å². The zero-order chi connectivity index (χ0) is 44.7. The first-order valence-corrected chi connectivity index (χ1v) is 17.6. The molecule has 6 aromatic rings. The Balaban J connectivity index is 0.000000270. The van der Waals surface area contributed by atoms with Crippen LogP contribution in [0.15, 0.2) is 134 Å². The smallest absolute Gasteiger partial charge is 0.417 e. The number of nitrogens with zero attached hydrogens (tertiary/aromatic N) is 2. The number of pyridine rings is 2. The predicted octanol–water partition coefficient (Wildman–Crippen LogP) is 10.6. The van der Waals surface area contributed by atoms with Crippen LogP contribution in [0.1, 0.15) is 18.6 Å². The van der Waals surface area contributed by atoms with Gasteiger partial charge in [0.05, 0.1) is 33.6 Å². The number of alkyl halides is 6. The Hall–Kier alpha value is -7.38. The van der Waals surface area contributed by atoms with E-state index in [-0.39, 0.29) is 24.5 Å². The van der Waals surface area contributed by atoms with Crippen molar-refractivity contribution in [3.05, 3.63) is 155 Å². The average Bonchev–Trinajstić information content (AvgIpc) is 3.20. The van der Waals surface area contributed by atoms with Crippen molar-refractivity contribution >= 4 is 69.6 Å². The maximum Gasteiger partial charge on any atom is 0.417 e. The molecule has 0 fully saturated rings. The fourth-order valence-electron chi connectivity index (χ4n) is 4.50. The number of aliphatic carboxylic acids is 1. The summed E-state index contributed by atoms with van der Waals surface area (Å²) in [6.45, 7) is 0. The molecule has 0 spiro atoms. The summed E-state index contributed by atoms with van der Waals surface area (Å²) in [5.74, 6) is -3.17. The summed E-state index contributed by atoms with van der Waals surface area (Å²) in [6.07, 6.45) is -2.94. The Labute approximate surface area is 358 Å². The number of carboxylic acids is 1. The van der Waals surface area contributed by atoms with Crippen molar-refractivity contribution in [3.8, 4) is 23.0 Å². The molecular weight excluding hydrogens is 873 g/mol. The van der Waals surface area contributed by atoms with Crippen LogP contribution in [-0.4, -0.2) is 38.8 Å². The van der Waals surface area contributed by atoms with E-state index >= 15 is 0 Å². The minimum atomic E-state index is -4.70. The molecule has 3 amide bonds. The molecule has 62 heavy (non-hydrogen) atoms. The highest BCUT2D eigenvalue weighted by molar-refractivity contribution is 6.43. The summed E-state index contributed by atoms with van der Waals surface area (Å²) in [5, 5.41) is 13.5. The highest BCUT2D eigenvalue weighted by atomic mass is 35.5. The van der Waals surface area contributed by atoms with Gasteiger partial charge in [0.15, 0.2) is 0 Å². The molecule has 0 saturated carbocycles. The molecule has 0 bridgehead atoms. The summed E-state index contributed by atoms with van der Waals surface area (Å²) in [7, 11) is 0. The summed E-state index contributed by atoms with van der Waals surface area (Å²) >= 11 is 10.9. The van der Waals surface area contributed by atoms with Crippen molar-refractivity contribution in [1.82, 2.24) is 9.97 Å². The van der Waals surface area contributed by atoms with E-state index in [9.17, 15) is 45.5 Å². The van der Waals surface area contributed by atoms with Gasteiger partial charge in [0.2, 0.25) is 0 Å². The number of carboxylic acid groups (broad SMARTS) is 1. The molecule has 2 heterocycles. The fraction of sp³-hybridized carbons (Fsp3) is 0.0732. The van der Waals surface area contributed by atoms with Crippen LogP contribution in [0.4, 0.5) is 49.1 Å². The van der Waals surface area contributed by atoms with Crippen LogP contribution in [0.5, 0.6) is 23.0 Å². The molecule has 0 aliphatic rings. The number of hydrogen-bond donors (Lipinski definition) is 5. The third kappa shape index (κ3) is 15.7. The van der Waals surface area contributed by atoms with Crippen molar-refractivity contribution in [2.24, 2.45) is 0 Å². The highest BCUT2D eigenvalue weighted by Gasteiger charge is 2.34. The minimum Gasteiger partial charge on any atom is -0.474 e. The first kappa shape index (κ1) is 49.0. The number of halogens is 8. The van der Waals surface area contributed by atoms with E-state index in [1.54, 1.807) is 54.2 Å². The number of nitrogens with one attached hydrogen (secondary N) is 3. The van der Waals surface area contributed by atoms with Gasteiger partial charge in [-0.05, 0) is 84.9 Å². The van der Waals surface area contributed by atoms with Gasteiger partial charge in [0, 0.05) is 47.3 Å². The number of carbonyl (C=O) groups is 4. The third-order valence-corrected chi connectivity index (χ3v) is 7.81. The maximum absolute atomic E-state index is 12.9. The minimum absolute atomic E-state index is 0. The molecular formula is C41H32Cl2F6N6O7. The number of nitrogens with two attached hydrogens (primary N) is 1. The standard InChI is InChI=1S/C20H13ClF3N3O3.C11H10N2O.C9H5ClF3NO3.CH4/c21-17-7-6-13(10-16(17)20(22,23)24)27-19(29)18(28)26-12-3-1-4-14(9-12)30-15-5-2-8-25-11-15;12-9-3-1-4-10(7-9)14-11-5-2-6-13-8-11;10-6-2-1-4(14-7(15)8(16)17)3-5(6)9(11,12)13;/h1-11H,(H,26,28)(H,27,29);1-8H,12H2;1-3H,(H,14,15)(H,16,17);1H4. The topological polar surface area (TPSA) is 195 Å². The summed E-state index contributed by atoms with van der Waals surface area (Å²) in [6, 6.07) is 25.9. The number of aromatic nitrogens is 2. The van der Waals surface area contributed by atoms with Gasteiger partial charge >= 0.3 is 36.0 Å². The molecule has 21 heteroatoms. The van der Waals surface area contributed by atoms with Gasteiger partial charge in [-0.3, -0.25) is 24.4 Å². The number of amides is 3. The van der Waals surface area contributed by atoms with E-state index < -0.39 is 57.2 Å². The molecule has 0 radical (unpaired) electrons. The highest BCUT2D eigenvalue weighted by Crippen LogP contribution is 2.37. The largest absolute Gasteiger partial charge is 0.474 e. The zero-order valence-corrected chi connectivity index (χ0v) is 32.1. The van der Waals surface area contributed by atoms with Crippen molar-refractivity contribution in [1.29, 1.82) is 0 Å². The van der Waals surface area contributed by atoms with Crippen LogP contribution < -0.4 is 31.2 Å². The molecule has 0 atom stereocenters. The van der Waals surface area contributed by atoms with Gasteiger partial charge in [-0.1, -0.05) is 42.8 Å². The van der Waals surface area contributed by atoms with Crippen LogP contribution in [0.25, 0.3) is 0 Å². The second-order valence-corrected chi connectivity index (χ2v) is 12.5. The monoisotopic (exact) mass is 904 g/mol. The van der Waals surface area contributed by atoms with E-state index in [0.717, 1.165) is 30.0 Å². The van der Waals surface area contributed by atoms with Gasteiger partial charge in [0.1, 0.15) is 23.0 Å². The summed E-state index contributed by atoms with van der Waals surface area (Å²) < 4.78 is 87.1. The second kappa shape index (κ2) is 22.3. The molecule has 4 aromatic carbocycles. The Kier molecular flexibility index (Phi) is 17.6. The van der Waals surface area contributed by atoms with Gasteiger partial charge < -0.3 is 36.3 Å². The quantitative estimate of drug-likeness (QED) is 0.0584. The van der Waals surface area contributed by atoms with E-state index in [4.69, 9.17) is 43.5 Å². The number of benzene rings is 4. The first-order valence-electron chi connectivity index (χ1n) is 16.8. The molecule has 0 aliphatic carbocycles. The maximum atomic E-state index is 12.9. The molecule has 13 nitrogen and oxygen atoms in total. The fourth-order valence-corrected chi connectivity index (χ4v) is 4.95. The lowest BCUT2D eigenvalue weighted by molar-refractivity contribution is -0.147. The molecule has 0 saturated heterocycles. The number of anilines is 4. The molecule has 6 rings (SSSR count). The lowest BCUT2D eigenvalue weighted by Gasteiger charge is -2.12. The van der Waals surface area contributed by atoms with Crippen LogP contribution in [0, 0.1) is 0 Å². The molecule has 2 aromatic heterocycles. The molecule has 0 unspecified atom stereocenters. The van der Waals surface area contributed by atoms with Crippen molar-refractivity contribution in [2.75, 3.05) is 21.7 Å². The van der Waals surface area contributed by atoms with Crippen molar-refractivity contribution < 1.29 is 60.1 Å². The third-order valence-electron chi connectivity index (χ3n) is 7.15. The van der Waals surface area contributed by atoms with Gasteiger partial charge in [-0.2, -0.15) is 26.3 Å². The van der Waals surface area contributed by atoms with E-state index in [0.29, 0.717) is 35.1 Å². The Morgan fingerprint density at radius 2 is 0.952 bits per heavy atom. The number of ether oxygens (including phenoxy) is 2. The number of carbonyl (C=O) groups excluding carboxylic acids is 3. The van der Waals surface area contributed by atoms with E-state index in [1.807, 2.05) is 30.3 Å². The predicted molar refractivity (Wildman–Crippen MR) is 219 cm³/mol. The SMILES string of the molecule is C.Nc1cccc(Oc2cccnc2)c1.O=C(Nc1cccc(Oc2cccnc2)c1)C(=O)Nc1ccc(Cl)c(C(F)(F)F)c1.O=C(O)C(=O)Nc1ccc(Cl)c(C(F)(F)F)c1. The van der Waals surface area contributed by atoms with Crippen LogP contribution in [-0.2, 0) is 31.5 Å². The lowest BCUT2D eigenvalue weighted by atomic mass is 10.2. The van der Waals surface area contributed by atoms with E-state index in [2.05, 4.69) is 20.6 Å². The van der Waals surface area contributed by atoms with Gasteiger partial charge in [0.25, 0.3) is 0 Å². The van der Waals surface area contributed by atoms with Gasteiger partial charge in [-0.15, -0.1) is 0 Å². The Morgan fingerprint density at radius 3 is 1.35 bits per heavy atom. The Morgan fingerprint density at radius 1 is 0.548 bits per heavy atom. The average molecular weight is 906 g/mol. The summed E-state index contributed by atoms with van der Waals surface area (Å²) in [5.41, 5.74) is 3.76. The molecule has 6 N–H and O–H groups in total. The Bertz CT molecular complexity index is 2480. The van der Waals surface area contributed by atoms with E-state index in [1.165, 1.54) is 18.3 Å². The number of hydrogen-bond acceptors (Lipinski definition) is 9. The lowest BCUT2D eigenvalue weighted by Crippen LogP contribution is -2.29. The molecule has 0 aliphatic heterocycles.